The molecule has 3 heterocycles. The molecule has 11 nitrogen and oxygen atoms in total. The number of carbonyl (C=O) groups excluding carboxylic acids is 1. The lowest BCUT2D eigenvalue weighted by Crippen LogP contribution is -2.23. The highest BCUT2D eigenvalue weighted by Crippen LogP contribution is 2.29. The van der Waals surface area contributed by atoms with Crippen LogP contribution in [0.4, 0.5) is 24.9 Å². The number of aromatic nitrogens is 5. The Labute approximate surface area is 210 Å². The largest absolute Gasteiger partial charge is 0.467 e. The highest BCUT2D eigenvalue weighted by Gasteiger charge is 2.36. The summed E-state index contributed by atoms with van der Waals surface area (Å²) in [5.41, 5.74) is 1.02. The maximum absolute atomic E-state index is 12.9. The number of hydrogen-bond acceptors (Lipinski definition) is 9. The summed E-state index contributed by atoms with van der Waals surface area (Å²) in [4.78, 5) is 33.1. The first-order chi connectivity index (χ1) is 17.5. The van der Waals surface area contributed by atoms with Crippen LogP contribution in [0.15, 0.2) is 43.0 Å². The molecule has 0 aliphatic heterocycles. The normalized spacial score (nSPS) is 14.6. The van der Waals surface area contributed by atoms with E-state index in [0.29, 0.717) is 30.5 Å². The van der Waals surface area contributed by atoms with E-state index in [9.17, 15) is 26.4 Å². The molecule has 3 aromatic heterocycles. The van der Waals surface area contributed by atoms with Crippen molar-refractivity contribution in [2.24, 2.45) is 0 Å². The standard InChI is InChI=1S/C22H22F3N7O4S/c1-2-15(16-7-8-27-21(30-16)32-37(34,35)14-4-5-14)20(33)31-18-6-3-13(9-28-18)17-10-26-11-19(29-17)36-12-22(23,24)25/h3,6-11,14-15H,2,4-5,12H2,1H3,(H,27,30,32)(H,28,31,33). The minimum Gasteiger partial charge on any atom is -0.467 e. The molecule has 4 rings (SSSR count). The number of sulfonamides is 1. The lowest BCUT2D eigenvalue weighted by atomic mass is 10.0. The number of nitrogens with zero attached hydrogens (tertiary/aromatic N) is 5. The van der Waals surface area contributed by atoms with Crippen molar-refractivity contribution in [1.82, 2.24) is 24.9 Å². The number of anilines is 2. The van der Waals surface area contributed by atoms with Crippen molar-refractivity contribution in [3.8, 4) is 17.1 Å². The van der Waals surface area contributed by atoms with E-state index in [1.807, 2.05) is 0 Å². The third-order valence-electron chi connectivity index (χ3n) is 5.26. The van der Waals surface area contributed by atoms with E-state index < -0.39 is 39.9 Å². The molecule has 2 N–H and O–H groups in total. The number of amides is 1. The maximum atomic E-state index is 12.9. The van der Waals surface area contributed by atoms with Gasteiger partial charge in [0, 0.05) is 18.0 Å². The van der Waals surface area contributed by atoms with Crippen molar-refractivity contribution >= 4 is 27.7 Å². The fraction of sp³-hybridized carbons (Fsp3) is 0.364. The average Bonchev–Trinajstić information content (AvgIpc) is 3.70. The fourth-order valence-corrected chi connectivity index (χ4v) is 4.55. The number of nitrogens with one attached hydrogen (secondary N) is 2. The van der Waals surface area contributed by atoms with Gasteiger partial charge in [-0.25, -0.2) is 28.4 Å². The Hall–Kier alpha value is -3.88. The Bertz CT molecular complexity index is 1370. The summed E-state index contributed by atoms with van der Waals surface area (Å²) in [5.74, 6) is -1.29. The van der Waals surface area contributed by atoms with Gasteiger partial charge in [0.1, 0.15) is 5.82 Å². The van der Waals surface area contributed by atoms with Crippen molar-refractivity contribution in [2.75, 3.05) is 16.6 Å². The Morgan fingerprint density at radius 3 is 2.57 bits per heavy atom. The van der Waals surface area contributed by atoms with Crippen LogP contribution in [0.25, 0.3) is 11.3 Å². The number of pyridine rings is 1. The Balaban J connectivity index is 1.42. The first-order valence-electron chi connectivity index (χ1n) is 11.2. The molecule has 1 unspecified atom stereocenters. The number of rotatable bonds is 10. The number of carbonyl (C=O) groups is 1. The van der Waals surface area contributed by atoms with E-state index in [0.717, 1.165) is 6.20 Å². The molecule has 0 radical (unpaired) electrons. The van der Waals surface area contributed by atoms with Gasteiger partial charge in [0.2, 0.25) is 27.8 Å². The second kappa shape index (κ2) is 10.6. The predicted octanol–water partition coefficient (Wildman–Crippen LogP) is 3.31. The average molecular weight is 538 g/mol. The van der Waals surface area contributed by atoms with Gasteiger partial charge in [0.25, 0.3) is 0 Å². The second-order valence-electron chi connectivity index (χ2n) is 8.18. The van der Waals surface area contributed by atoms with E-state index in [-0.39, 0.29) is 23.3 Å². The molecule has 1 amide bonds. The van der Waals surface area contributed by atoms with E-state index >= 15 is 0 Å². The molecule has 0 saturated heterocycles. The summed E-state index contributed by atoms with van der Waals surface area (Å²) in [6.45, 7) is 0.288. The summed E-state index contributed by atoms with van der Waals surface area (Å²) >= 11 is 0. The lowest BCUT2D eigenvalue weighted by Gasteiger charge is -2.15. The van der Waals surface area contributed by atoms with Crippen LogP contribution in [0.2, 0.25) is 0 Å². The molecule has 0 bridgehead atoms. The van der Waals surface area contributed by atoms with Gasteiger partial charge in [-0.15, -0.1) is 0 Å². The van der Waals surface area contributed by atoms with Crippen molar-refractivity contribution in [3.63, 3.8) is 0 Å². The van der Waals surface area contributed by atoms with Crippen LogP contribution >= 0.6 is 0 Å². The first-order valence-corrected chi connectivity index (χ1v) is 12.7. The molecular weight excluding hydrogens is 515 g/mol. The molecular formula is C22H22F3N7O4S. The van der Waals surface area contributed by atoms with E-state index in [4.69, 9.17) is 0 Å². The Morgan fingerprint density at radius 1 is 1.14 bits per heavy atom. The van der Waals surface area contributed by atoms with Gasteiger partial charge in [-0.05, 0) is 37.5 Å². The van der Waals surface area contributed by atoms with Crippen LogP contribution in [-0.4, -0.2) is 57.3 Å². The third kappa shape index (κ3) is 7.09. The number of hydrogen-bond donors (Lipinski definition) is 2. The van der Waals surface area contributed by atoms with E-state index in [1.165, 1.54) is 30.7 Å². The van der Waals surface area contributed by atoms with Gasteiger partial charge in [-0.2, -0.15) is 13.2 Å². The molecule has 37 heavy (non-hydrogen) atoms. The highest BCUT2D eigenvalue weighted by atomic mass is 32.2. The Morgan fingerprint density at radius 2 is 1.92 bits per heavy atom. The van der Waals surface area contributed by atoms with Crippen LogP contribution in [0.3, 0.4) is 0 Å². The molecule has 3 aromatic rings. The summed E-state index contributed by atoms with van der Waals surface area (Å²) in [7, 11) is -3.55. The van der Waals surface area contributed by atoms with Gasteiger partial charge in [0.05, 0.1) is 34.9 Å². The molecule has 15 heteroatoms. The van der Waals surface area contributed by atoms with Crippen molar-refractivity contribution in [3.05, 3.63) is 48.7 Å². The molecule has 1 aliphatic rings. The number of ether oxygens (including phenoxy) is 1. The predicted molar refractivity (Wildman–Crippen MR) is 126 cm³/mol. The zero-order chi connectivity index (χ0) is 26.6. The molecule has 1 aliphatic carbocycles. The minimum atomic E-state index is -4.51. The maximum Gasteiger partial charge on any atom is 0.422 e. The van der Waals surface area contributed by atoms with Gasteiger partial charge in [0.15, 0.2) is 6.61 Å². The van der Waals surface area contributed by atoms with Crippen molar-refractivity contribution in [2.45, 2.75) is 43.5 Å². The van der Waals surface area contributed by atoms with Crippen LogP contribution in [0, 0.1) is 0 Å². The van der Waals surface area contributed by atoms with Crippen molar-refractivity contribution < 1.29 is 31.1 Å². The summed E-state index contributed by atoms with van der Waals surface area (Å²) in [6.07, 6.45) is 2.21. The molecule has 1 fully saturated rings. The van der Waals surface area contributed by atoms with E-state index in [1.54, 1.807) is 13.0 Å². The number of alkyl halides is 3. The quantitative estimate of drug-likeness (QED) is 0.397. The molecule has 196 valence electrons. The van der Waals surface area contributed by atoms with Gasteiger partial charge < -0.3 is 10.1 Å². The summed E-state index contributed by atoms with van der Waals surface area (Å²) < 4.78 is 68.4. The Kier molecular flexibility index (Phi) is 7.52. The molecule has 0 aromatic carbocycles. The summed E-state index contributed by atoms with van der Waals surface area (Å²) in [5, 5.41) is 2.24. The zero-order valence-electron chi connectivity index (χ0n) is 19.4. The van der Waals surface area contributed by atoms with Gasteiger partial charge in [-0.1, -0.05) is 6.92 Å². The minimum absolute atomic E-state index is 0.0966. The highest BCUT2D eigenvalue weighted by molar-refractivity contribution is 7.93. The number of halogens is 3. The zero-order valence-corrected chi connectivity index (χ0v) is 20.3. The first kappa shape index (κ1) is 26.2. The van der Waals surface area contributed by atoms with Crippen LogP contribution < -0.4 is 14.8 Å². The second-order valence-corrected chi connectivity index (χ2v) is 10.1. The van der Waals surface area contributed by atoms with Crippen LogP contribution in [0.5, 0.6) is 5.88 Å². The molecule has 1 saturated carbocycles. The van der Waals surface area contributed by atoms with Crippen LogP contribution in [0.1, 0.15) is 37.8 Å². The fourth-order valence-electron chi connectivity index (χ4n) is 3.28. The molecule has 0 spiro atoms. The van der Waals surface area contributed by atoms with Crippen LogP contribution in [-0.2, 0) is 14.8 Å². The van der Waals surface area contributed by atoms with E-state index in [2.05, 4.69) is 39.7 Å². The third-order valence-corrected chi connectivity index (χ3v) is 7.08. The summed E-state index contributed by atoms with van der Waals surface area (Å²) in [6, 6.07) is 4.60. The monoisotopic (exact) mass is 537 g/mol. The van der Waals surface area contributed by atoms with Gasteiger partial charge in [-0.3, -0.25) is 14.5 Å². The lowest BCUT2D eigenvalue weighted by molar-refractivity contribution is -0.154. The smallest absolute Gasteiger partial charge is 0.422 e. The molecule has 1 atom stereocenters. The van der Waals surface area contributed by atoms with Crippen molar-refractivity contribution in [1.29, 1.82) is 0 Å². The SMILES string of the molecule is CCC(C(=O)Nc1ccc(-c2cncc(OCC(F)(F)F)n2)cn1)c1ccnc(NS(=O)(=O)C2CC2)n1. The topological polar surface area (TPSA) is 149 Å². The van der Waals surface area contributed by atoms with Gasteiger partial charge >= 0.3 is 6.18 Å².